The van der Waals surface area contributed by atoms with Gasteiger partial charge < -0.3 is 14.4 Å². The molecule has 0 aliphatic carbocycles. The Morgan fingerprint density at radius 1 is 1.19 bits per heavy atom. The lowest BCUT2D eigenvalue weighted by Gasteiger charge is -2.26. The van der Waals surface area contributed by atoms with Crippen molar-refractivity contribution in [1.29, 1.82) is 0 Å². The Bertz CT molecular complexity index is 447. The molecule has 1 aromatic carbocycles. The van der Waals surface area contributed by atoms with Crippen LogP contribution in [0.25, 0.3) is 0 Å². The number of para-hydroxylation sites is 1. The second-order valence-electron chi connectivity index (χ2n) is 4.66. The molecule has 1 unspecified atom stereocenters. The number of hydrogen-bond acceptors (Lipinski definition) is 4. The lowest BCUT2D eigenvalue weighted by atomic mass is 10.2. The maximum absolute atomic E-state index is 12.5. The first-order chi connectivity index (χ1) is 10.1. The molecule has 1 rings (SSSR count). The standard InChI is InChI=1S/C16H23NO4/c1-4-11-17(12-15(18)20-3)16(19)14(5-2)21-13-9-7-6-8-10-13/h6-10,14H,4-5,11-12H2,1-3H3. The third kappa shape index (κ3) is 5.45. The van der Waals surface area contributed by atoms with Crippen LogP contribution in [0.15, 0.2) is 30.3 Å². The van der Waals surface area contributed by atoms with Crippen LogP contribution in [-0.2, 0) is 14.3 Å². The van der Waals surface area contributed by atoms with Gasteiger partial charge in [0.05, 0.1) is 7.11 Å². The van der Waals surface area contributed by atoms with Crippen LogP contribution in [0, 0.1) is 0 Å². The molecule has 0 saturated heterocycles. The molecular formula is C16H23NO4. The van der Waals surface area contributed by atoms with Crippen LogP contribution in [-0.4, -0.2) is 43.1 Å². The summed E-state index contributed by atoms with van der Waals surface area (Å²) >= 11 is 0. The smallest absolute Gasteiger partial charge is 0.325 e. The Hall–Kier alpha value is -2.04. The van der Waals surface area contributed by atoms with Gasteiger partial charge in [-0.2, -0.15) is 0 Å². The summed E-state index contributed by atoms with van der Waals surface area (Å²) in [4.78, 5) is 25.4. The predicted molar refractivity (Wildman–Crippen MR) is 80.0 cm³/mol. The molecule has 1 atom stereocenters. The number of carbonyl (C=O) groups is 2. The fraction of sp³-hybridized carbons (Fsp3) is 0.500. The maximum atomic E-state index is 12.5. The Morgan fingerprint density at radius 3 is 2.38 bits per heavy atom. The highest BCUT2D eigenvalue weighted by atomic mass is 16.5. The molecule has 0 fully saturated rings. The highest BCUT2D eigenvalue weighted by molar-refractivity contribution is 5.85. The molecule has 0 spiro atoms. The van der Waals surface area contributed by atoms with E-state index in [0.29, 0.717) is 18.7 Å². The van der Waals surface area contributed by atoms with E-state index >= 15 is 0 Å². The minimum atomic E-state index is -0.594. The first kappa shape index (κ1) is 17.0. The average molecular weight is 293 g/mol. The summed E-state index contributed by atoms with van der Waals surface area (Å²) < 4.78 is 10.4. The summed E-state index contributed by atoms with van der Waals surface area (Å²) in [5, 5.41) is 0. The Morgan fingerprint density at radius 2 is 1.86 bits per heavy atom. The highest BCUT2D eigenvalue weighted by Crippen LogP contribution is 2.14. The quantitative estimate of drug-likeness (QED) is 0.690. The van der Waals surface area contributed by atoms with Gasteiger partial charge in [-0.1, -0.05) is 32.0 Å². The Kier molecular flexibility index (Phi) is 7.29. The molecule has 0 saturated carbocycles. The van der Waals surface area contributed by atoms with Gasteiger partial charge in [-0.15, -0.1) is 0 Å². The van der Waals surface area contributed by atoms with Gasteiger partial charge in [-0.3, -0.25) is 9.59 Å². The molecule has 1 aromatic rings. The number of carbonyl (C=O) groups excluding carboxylic acids is 2. The van der Waals surface area contributed by atoms with Crippen molar-refractivity contribution in [1.82, 2.24) is 4.90 Å². The van der Waals surface area contributed by atoms with Crippen molar-refractivity contribution in [3.05, 3.63) is 30.3 Å². The zero-order valence-electron chi connectivity index (χ0n) is 12.9. The lowest BCUT2D eigenvalue weighted by Crippen LogP contribution is -2.44. The summed E-state index contributed by atoms with van der Waals surface area (Å²) in [5.41, 5.74) is 0. The highest BCUT2D eigenvalue weighted by Gasteiger charge is 2.26. The number of esters is 1. The molecule has 0 heterocycles. The topological polar surface area (TPSA) is 55.8 Å². The van der Waals surface area contributed by atoms with E-state index in [2.05, 4.69) is 4.74 Å². The molecule has 0 N–H and O–H groups in total. The lowest BCUT2D eigenvalue weighted by molar-refractivity contribution is -0.149. The fourth-order valence-corrected chi connectivity index (χ4v) is 1.93. The molecule has 21 heavy (non-hydrogen) atoms. The van der Waals surface area contributed by atoms with Crippen LogP contribution >= 0.6 is 0 Å². The van der Waals surface area contributed by atoms with E-state index in [1.807, 2.05) is 32.0 Å². The van der Waals surface area contributed by atoms with Crippen LogP contribution in [0.2, 0.25) is 0 Å². The summed E-state index contributed by atoms with van der Waals surface area (Å²) in [6.45, 7) is 4.30. The van der Waals surface area contributed by atoms with E-state index in [-0.39, 0.29) is 12.5 Å². The first-order valence-corrected chi connectivity index (χ1v) is 7.19. The molecule has 1 amide bonds. The number of benzene rings is 1. The third-order valence-corrected chi connectivity index (χ3v) is 3.02. The number of nitrogens with zero attached hydrogens (tertiary/aromatic N) is 1. The van der Waals surface area contributed by atoms with Crippen molar-refractivity contribution < 1.29 is 19.1 Å². The molecule has 0 aromatic heterocycles. The number of rotatable bonds is 8. The van der Waals surface area contributed by atoms with Crippen LogP contribution < -0.4 is 4.74 Å². The van der Waals surface area contributed by atoms with Crippen molar-refractivity contribution in [3.8, 4) is 5.75 Å². The van der Waals surface area contributed by atoms with Crippen molar-refractivity contribution in [2.45, 2.75) is 32.8 Å². The number of ether oxygens (including phenoxy) is 2. The maximum Gasteiger partial charge on any atom is 0.325 e. The minimum absolute atomic E-state index is 0.0438. The van der Waals surface area contributed by atoms with E-state index in [1.54, 1.807) is 12.1 Å². The molecule has 0 radical (unpaired) electrons. The van der Waals surface area contributed by atoms with Crippen LogP contribution in [0.4, 0.5) is 0 Å². The van der Waals surface area contributed by atoms with Gasteiger partial charge in [-0.25, -0.2) is 0 Å². The van der Waals surface area contributed by atoms with Gasteiger partial charge in [0.15, 0.2) is 6.10 Å². The van der Waals surface area contributed by atoms with Crippen LogP contribution in [0.1, 0.15) is 26.7 Å². The van der Waals surface area contributed by atoms with Gasteiger partial charge in [-0.05, 0) is 25.0 Å². The second kappa shape index (κ2) is 9.00. The van der Waals surface area contributed by atoms with Crippen molar-refractivity contribution in [3.63, 3.8) is 0 Å². The average Bonchev–Trinajstić information content (AvgIpc) is 2.52. The second-order valence-corrected chi connectivity index (χ2v) is 4.66. The van der Waals surface area contributed by atoms with Crippen molar-refractivity contribution >= 4 is 11.9 Å². The molecule has 0 aliphatic rings. The number of methoxy groups -OCH3 is 1. The molecule has 5 heteroatoms. The fourth-order valence-electron chi connectivity index (χ4n) is 1.93. The largest absolute Gasteiger partial charge is 0.481 e. The summed E-state index contributed by atoms with van der Waals surface area (Å²) in [7, 11) is 1.31. The number of hydrogen-bond donors (Lipinski definition) is 0. The monoisotopic (exact) mass is 293 g/mol. The molecule has 5 nitrogen and oxygen atoms in total. The zero-order valence-corrected chi connectivity index (χ0v) is 12.9. The summed E-state index contributed by atoms with van der Waals surface area (Å²) in [6, 6.07) is 9.20. The van der Waals surface area contributed by atoms with Gasteiger partial charge >= 0.3 is 5.97 Å². The zero-order chi connectivity index (χ0) is 15.7. The summed E-state index contributed by atoms with van der Waals surface area (Å²) in [6.07, 6.45) is 0.711. The van der Waals surface area contributed by atoms with Gasteiger partial charge in [0.1, 0.15) is 12.3 Å². The van der Waals surface area contributed by atoms with Crippen molar-refractivity contribution in [2.75, 3.05) is 20.2 Å². The Labute approximate surface area is 125 Å². The van der Waals surface area contributed by atoms with Crippen molar-refractivity contribution in [2.24, 2.45) is 0 Å². The van der Waals surface area contributed by atoms with Crippen LogP contribution in [0.3, 0.4) is 0 Å². The van der Waals surface area contributed by atoms with E-state index in [4.69, 9.17) is 4.74 Å². The normalized spacial score (nSPS) is 11.6. The van der Waals surface area contributed by atoms with Gasteiger partial charge in [0, 0.05) is 6.54 Å². The molecular weight excluding hydrogens is 270 g/mol. The van der Waals surface area contributed by atoms with E-state index < -0.39 is 12.1 Å². The SMILES string of the molecule is CCCN(CC(=O)OC)C(=O)C(CC)Oc1ccccc1. The van der Waals surface area contributed by atoms with Crippen LogP contribution in [0.5, 0.6) is 5.75 Å². The minimum Gasteiger partial charge on any atom is -0.481 e. The molecule has 116 valence electrons. The third-order valence-electron chi connectivity index (χ3n) is 3.02. The summed E-state index contributed by atoms with van der Waals surface area (Å²) in [5.74, 6) is 0.0344. The molecule has 0 aliphatic heterocycles. The first-order valence-electron chi connectivity index (χ1n) is 7.19. The van der Waals surface area contributed by atoms with E-state index in [9.17, 15) is 9.59 Å². The van der Waals surface area contributed by atoms with Gasteiger partial charge in [0.2, 0.25) is 0 Å². The number of amides is 1. The molecule has 0 bridgehead atoms. The predicted octanol–water partition coefficient (Wildman–Crippen LogP) is 2.26. The van der Waals surface area contributed by atoms with E-state index in [0.717, 1.165) is 6.42 Å². The Balaban J connectivity index is 2.75. The van der Waals surface area contributed by atoms with E-state index in [1.165, 1.54) is 12.0 Å². The van der Waals surface area contributed by atoms with Gasteiger partial charge in [0.25, 0.3) is 5.91 Å².